The number of aliphatic hydroxyl groups excluding tert-OH is 1. The largest absolute Gasteiger partial charge is 0.392 e. The first-order valence-electron chi connectivity index (χ1n) is 16.0. The molecule has 234 valence electrons. The maximum atomic E-state index is 13.0. The fourth-order valence-corrected chi connectivity index (χ4v) is 9.44. The number of aliphatic hydroxyl groups is 1. The van der Waals surface area contributed by atoms with Crippen molar-refractivity contribution in [2.24, 2.45) is 30.7 Å². The highest BCUT2D eigenvalue weighted by molar-refractivity contribution is 7.99. The number of amides is 2. The Hall–Kier alpha value is -2.92. The third-order valence-corrected chi connectivity index (χ3v) is 11.4. The van der Waals surface area contributed by atoms with E-state index in [0.29, 0.717) is 12.3 Å². The van der Waals surface area contributed by atoms with Gasteiger partial charge >= 0.3 is 6.03 Å². The number of benzene rings is 2. The summed E-state index contributed by atoms with van der Waals surface area (Å²) in [5.41, 5.74) is 3.90. The van der Waals surface area contributed by atoms with E-state index in [0.717, 1.165) is 64.4 Å². The van der Waals surface area contributed by atoms with Crippen molar-refractivity contribution < 1.29 is 19.4 Å². The number of hydrogen-bond acceptors (Lipinski definition) is 7. The molecule has 3 N–H and O–H groups in total. The molecule has 4 aliphatic carbocycles. The van der Waals surface area contributed by atoms with E-state index in [9.17, 15) is 9.90 Å². The lowest BCUT2D eigenvalue weighted by Crippen LogP contribution is -2.61. The van der Waals surface area contributed by atoms with Gasteiger partial charge in [0.2, 0.25) is 0 Å². The maximum absolute atomic E-state index is 13.0. The molecule has 2 amide bonds. The molecule has 8 rings (SSSR count). The monoisotopic (exact) mass is 617 g/mol. The number of thioether (sulfide) groups is 1. The zero-order valence-corrected chi connectivity index (χ0v) is 26.3. The minimum atomic E-state index is -0.541. The molecule has 4 saturated carbocycles. The summed E-state index contributed by atoms with van der Waals surface area (Å²) in [4.78, 5) is 13.0. The van der Waals surface area contributed by atoms with Crippen molar-refractivity contribution in [3.8, 4) is 0 Å². The molecule has 9 nitrogen and oxygen atoms in total. The van der Waals surface area contributed by atoms with Crippen LogP contribution in [0.5, 0.6) is 0 Å². The number of carbonyl (C=O) groups is 1. The van der Waals surface area contributed by atoms with Gasteiger partial charge in [-0.05, 0) is 73.0 Å². The number of nitrogens with zero attached hydrogens (tertiary/aromatic N) is 3. The Balaban J connectivity index is 1.00. The van der Waals surface area contributed by atoms with E-state index >= 15 is 0 Å². The van der Waals surface area contributed by atoms with Crippen LogP contribution in [0.3, 0.4) is 0 Å². The minimum absolute atomic E-state index is 0.00603. The van der Waals surface area contributed by atoms with Crippen LogP contribution in [0, 0.1) is 23.7 Å². The number of ether oxygens (including phenoxy) is 2. The lowest BCUT2D eigenvalue weighted by atomic mass is 9.53. The molecule has 2 heterocycles. The first-order valence-corrected chi connectivity index (χ1v) is 17.0. The highest BCUT2D eigenvalue weighted by Gasteiger charge is 2.51. The number of carbonyl (C=O) groups excluding carboxylic acids is 1. The van der Waals surface area contributed by atoms with Crippen molar-refractivity contribution in [2.45, 2.75) is 87.8 Å². The van der Waals surface area contributed by atoms with Crippen molar-refractivity contribution in [1.82, 2.24) is 25.4 Å². The van der Waals surface area contributed by atoms with E-state index in [2.05, 4.69) is 27.8 Å². The molecule has 0 spiro atoms. The summed E-state index contributed by atoms with van der Waals surface area (Å²) in [6.45, 7) is 2.64. The van der Waals surface area contributed by atoms with Gasteiger partial charge < -0.3 is 29.8 Å². The van der Waals surface area contributed by atoms with Crippen LogP contribution in [-0.4, -0.2) is 43.3 Å². The summed E-state index contributed by atoms with van der Waals surface area (Å²) < 4.78 is 15.1. The third kappa shape index (κ3) is 6.27. The highest BCUT2D eigenvalue weighted by Crippen LogP contribution is 2.55. The van der Waals surface area contributed by atoms with Gasteiger partial charge in [-0.3, -0.25) is 0 Å². The number of hydrogen-bond donors (Lipinski definition) is 3. The lowest BCUT2D eigenvalue weighted by molar-refractivity contribution is -0.268. The molecule has 0 unspecified atom stereocenters. The summed E-state index contributed by atoms with van der Waals surface area (Å²) >= 11 is 1.63. The fraction of sp³-hybridized carbons (Fsp3) is 0.559. The van der Waals surface area contributed by atoms with Gasteiger partial charge in [0.25, 0.3) is 0 Å². The first kappa shape index (κ1) is 29.8. The van der Waals surface area contributed by atoms with Crippen molar-refractivity contribution in [3.05, 3.63) is 77.1 Å². The zero-order chi connectivity index (χ0) is 30.3. The molecular formula is C34H43N5O4S. The van der Waals surface area contributed by atoms with Crippen LogP contribution in [0.25, 0.3) is 0 Å². The molecule has 0 radical (unpaired) electrons. The molecule has 4 bridgehead atoms. The predicted molar refractivity (Wildman–Crippen MR) is 167 cm³/mol. The summed E-state index contributed by atoms with van der Waals surface area (Å²) in [5, 5.41) is 25.1. The number of rotatable bonds is 9. The van der Waals surface area contributed by atoms with Gasteiger partial charge in [-0.2, -0.15) is 0 Å². The second-order valence-electron chi connectivity index (χ2n) is 13.6. The average molecular weight is 618 g/mol. The van der Waals surface area contributed by atoms with Crippen molar-refractivity contribution in [2.75, 3.05) is 5.75 Å². The Morgan fingerprint density at radius 1 is 0.977 bits per heavy atom. The maximum Gasteiger partial charge on any atom is 0.315 e. The van der Waals surface area contributed by atoms with Crippen LogP contribution < -0.4 is 10.6 Å². The molecule has 44 heavy (non-hydrogen) atoms. The second-order valence-corrected chi connectivity index (χ2v) is 14.6. The standard InChI is InChI=1S/C34H43N5O4S/c1-21-29(19-44-33-38-36-20-39(33)2)42-31(43-30(21)27-7-5-23(18-40)6-8-27)28-9-3-22(4-10-28)17-35-32(41)37-34-14-24-11-25(15-34)13-26(12-24)16-34/h3-10,20-21,24-26,29-31,40H,11-19H2,1-2H3,(H2,35,37,41)/t21-,24?,25?,26?,29+,30+,31+,34?/m1/s1. The molecule has 5 aliphatic rings. The van der Waals surface area contributed by atoms with Crippen LogP contribution in [0.2, 0.25) is 0 Å². The Bertz CT molecular complexity index is 1410. The van der Waals surface area contributed by atoms with Crippen LogP contribution in [0.1, 0.15) is 80.1 Å². The average Bonchev–Trinajstić information content (AvgIpc) is 3.43. The van der Waals surface area contributed by atoms with E-state index in [1.807, 2.05) is 60.1 Å². The molecule has 5 fully saturated rings. The van der Waals surface area contributed by atoms with Crippen LogP contribution in [0.15, 0.2) is 60.0 Å². The molecule has 3 aromatic rings. The molecular weight excluding hydrogens is 574 g/mol. The number of urea groups is 1. The first-order chi connectivity index (χ1) is 21.4. The van der Waals surface area contributed by atoms with E-state index in [-0.39, 0.29) is 36.3 Å². The van der Waals surface area contributed by atoms with Gasteiger partial charge in [-0.25, -0.2) is 4.79 Å². The van der Waals surface area contributed by atoms with E-state index < -0.39 is 6.29 Å². The summed E-state index contributed by atoms with van der Waals surface area (Å²) in [5.74, 6) is 3.19. The van der Waals surface area contributed by atoms with E-state index in [4.69, 9.17) is 9.47 Å². The summed E-state index contributed by atoms with van der Waals surface area (Å²) in [6, 6.07) is 16.1. The van der Waals surface area contributed by atoms with Crippen molar-refractivity contribution >= 4 is 17.8 Å². The molecule has 1 saturated heterocycles. The molecule has 2 aromatic carbocycles. The minimum Gasteiger partial charge on any atom is -0.392 e. The summed E-state index contributed by atoms with van der Waals surface area (Å²) in [7, 11) is 1.94. The molecule has 4 atom stereocenters. The Morgan fingerprint density at radius 3 is 2.23 bits per heavy atom. The number of aromatic nitrogens is 3. The van der Waals surface area contributed by atoms with Crippen LogP contribution in [-0.2, 0) is 29.7 Å². The Kier molecular flexibility index (Phi) is 8.43. The fourth-order valence-electron chi connectivity index (χ4n) is 8.39. The van der Waals surface area contributed by atoms with Crippen LogP contribution in [0.4, 0.5) is 4.79 Å². The van der Waals surface area contributed by atoms with E-state index in [1.165, 1.54) is 19.3 Å². The van der Waals surface area contributed by atoms with Gasteiger partial charge in [0.1, 0.15) is 6.33 Å². The third-order valence-electron chi connectivity index (χ3n) is 10.3. The second kappa shape index (κ2) is 12.5. The van der Waals surface area contributed by atoms with Crippen molar-refractivity contribution in [1.29, 1.82) is 0 Å². The van der Waals surface area contributed by atoms with Gasteiger partial charge in [0, 0.05) is 36.4 Å². The van der Waals surface area contributed by atoms with Gasteiger partial charge in [0.15, 0.2) is 11.4 Å². The number of nitrogens with one attached hydrogen (secondary N) is 2. The molecule has 1 aliphatic heterocycles. The smallest absolute Gasteiger partial charge is 0.315 e. The predicted octanol–water partition coefficient (Wildman–Crippen LogP) is 5.66. The van der Waals surface area contributed by atoms with Crippen molar-refractivity contribution in [3.63, 3.8) is 0 Å². The highest BCUT2D eigenvalue weighted by atomic mass is 32.2. The lowest BCUT2D eigenvalue weighted by Gasteiger charge is -2.56. The summed E-state index contributed by atoms with van der Waals surface area (Å²) in [6.07, 6.45) is 8.41. The van der Waals surface area contributed by atoms with Gasteiger partial charge in [-0.15, -0.1) is 10.2 Å². The normalized spacial score (nSPS) is 32.5. The quantitative estimate of drug-likeness (QED) is 0.266. The SMILES string of the molecule is C[C@@H]1[C@H](CSc2nncn2C)O[C@H](c2ccc(CNC(=O)NC34CC5CC(CC(C5)C3)C4)cc2)O[C@@H]1c1ccc(CO)cc1. The Labute approximate surface area is 263 Å². The van der Waals surface area contributed by atoms with E-state index in [1.54, 1.807) is 18.1 Å². The van der Waals surface area contributed by atoms with Gasteiger partial charge in [-0.1, -0.05) is 67.2 Å². The zero-order valence-electron chi connectivity index (χ0n) is 25.5. The Morgan fingerprint density at radius 2 is 1.61 bits per heavy atom. The molecule has 10 heteroatoms. The topological polar surface area (TPSA) is 111 Å². The number of aryl methyl sites for hydroxylation is 1. The van der Waals surface area contributed by atoms with Gasteiger partial charge in [0.05, 0.1) is 18.8 Å². The molecule has 1 aromatic heterocycles. The van der Waals surface area contributed by atoms with Crippen LogP contribution >= 0.6 is 11.8 Å².